The van der Waals surface area contributed by atoms with Crippen LogP contribution in [0.4, 0.5) is 4.79 Å². The molecule has 2 heterocycles. The van der Waals surface area contributed by atoms with Gasteiger partial charge in [0.2, 0.25) is 5.91 Å². The monoisotopic (exact) mass is 500 g/mol. The van der Waals surface area contributed by atoms with Gasteiger partial charge in [0.05, 0.1) is 15.1 Å². The Balaban J connectivity index is 1.70. The van der Waals surface area contributed by atoms with Crippen molar-refractivity contribution in [1.82, 2.24) is 9.80 Å². The van der Waals surface area contributed by atoms with Gasteiger partial charge in [0.25, 0.3) is 11.1 Å². The number of carbonyl (C=O) groups is 3. The van der Waals surface area contributed by atoms with Crippen LogP contribution >= 0.6 is 34.4 Å². The van der Waals surface area contributed by atoms with Crippen LogP contribution in [0.15, 0.2) is 23.1 Å². The SMILES string of the molecule is CCOc1ccc(C=C2SC(=O)N(CC(=O)N3CCCCC3)C2=O)cc1I. The lowest BCUT2D eigenvalue weighted by Gasteiger charge is -2.27. The van der Waals surface area contributed by atoms with E-state index >= 15 is 0 Å². The lowest BCUT2D eigenvalue weighted by molar-refractivity contribution is -0.136. The van der Waals surface area contributed by atoms with E-state index in [-0.39, 0.29) is 12.5 Å². The molecular formula is C19H21IN2O4S. The van der Waals surface area contributed by atoms with Gasteiger partial charge in [0.1, 0.15) is 12.3 Å². The lowest BCUT2D eigenvalue weighted by atomic mass is 10.1. The number of hydrogen-bond donors (Lipinski definition) is 0. The van der Waals surface area contributed by atoms with Crippen molar-refractivity contribution in [3.63, 3.8) is 0 Å². The molecule has 0 N–H and O–H groups in total. The molecule has 0 radical (unpaired) electrons. The Morgan fingerprint density at radius 3 is 2.67 bits per heavy atom. The Hall–Kier alpha value is -1.55. The molecule has 2 fully saturated rings. The maximum Gasteiger partial charge on any atom is 0.294 e. The van der Waals surface area contributed by atoms with Gasteiger partial charge >= 0.3 is 0 Å². The third kappa shape index (κ3) is 4.84. The molecule has 0 bridgehead atoms. The summed E-state index contributed by atoms with van der Waals surface area (Å²) in [7, 11) is 0. The van der Waals surface area contributed by atoms with Crippen LogP contribution in [0.1, 0.15) is 31.7 Å². The fourth-order valence-corrected chi connectivity index (χ4v) is 4.58. The molecule has 0 saturated carbocycles. The van der Waals surface area contributed by atoms with Crippen LogP contribution in [-0.4, -0.2) is 53.1 Å². The molecule has 3 rings (SSSR count). The Labute approximate surface area is 176 Å². The predicted molar refractivity (Wildman–Crippen MR) is 113 cm³/mol. The van der Waals surface area contributed by atoms with Gasteiger partial charge in [-0.2, -0.15) is 0 Å². The number of nitrogens with zero attached hydrogens (tertiary/aromatic N) is 2. The van der Waals surface area contributed by atoms with Crippen molar-refractivity contribution in [3.05, 3.63) is 32.2 Å². The molecule has 0 spiro atoms. The second-order valence-corrected chi connectivity index (χ2v) is 8.49. The number of thioether (sulfide) groups is 1. The van der Waals surface area contributed by atoms with Crippen molar-refractivity contribution in [1.29, 1.82) is 0 Å². The van der Waals surface area contributed by atoms with E-state index in [4.69, 9.17) is 4.74 Å². The minimum atomic E-state index is -0.403. The number of ether oxygens (including phenoxy) is 1. The lowest BCUT2D eigenvalue weighted by Crippen LogP contribution is -2.44. The van der Waals surface area contributed by atoms with Gasteiger partial charge in [-0.3, -0.25) is 19.3 Å². The second kappa shape index (κ2) is 9.09. The molecule has 0 unspecified atom stereocenters. The van der Waals surface area contributed by atoms with Gasteiger partial charge < -0.3 is 9.64 Å². The van der Waals surface area contributed by atoms with E-state index < -0.39 is 11.1 Å². The van der Waals surface area contributed by atoms with Crippen LogP contribution in [0, 0.1) is 3.57 Å². The van der Waals surface area contributed by atoms with Crippen LogP contribution in [0.3, 0.4) is 0 Å². The van der Waals surface area contributed by atoms with Crippen molar-refractivity contribution in [2.24, 2.45) is 0 Å². The van der Waals surface area contributed by atoms with E-state index in [1.54, 1.807) is 11.0 Å². The predicted octanol–water partition coefficient (Wildman–Crippen LogP) is 3.74. The van der Waals surface area contributed by atoms with Crippen LogP contribution in [-0.2, 0) is 9.59 Å². The number of likely N-dealkylation sites (tertiary alicyclic amines) is 1. The Morgan fingerprint density at radius 1 is 1.26 bits per heavy atom. The molecule has 2 aliphatic rings. The smallest absolute Gasteiger partial charge is 0.294 e. The fourth-order valence-electron chi connectivity index (χ4n) is 3.05. The molecule has 0 aliphatic carbocycles. The highest BCUT2D eigenvalue weighted by molar-refractivity contribution is 14.1. The van der Waals surface area contributed by atoms with Crippen LogP contribution in [0.25, 0.3) is 6.08 Å². The van der Waals surface area contributed by atoms with E-state index in [0.717, 1.165) is 50.8 Å². The molecule has 2 saturated heterocycles. The van der Waals surface area contributed by atoms with Gasteiger partial charge in [-0.25, -0.2) is 0 Å². The highest BCUT2D eigenvalue weighted by Crippen LogP contribution is 2.33. The number of hydrogen-bond acceptors (Lipinski definition) is 5. The van der Waals surface area contributed by atoms with Gasteiger partial charge in [0.15, 0.2) is 0 Å². The molecule has 1 aromatic carbocycles. The standard InChI is InChI=1S/C19H21IN2O4S/c1-2-26-15-7-6-13(10-14(15)20)11-16-18(24)22(19(25)27-16)12-17(23)21-8-4-3-5-9-21/h6-7,10-11H,2-5,8-9,12H2,1H3. The zero-order valence-corrected chi connectivity index (χ0v) is 18.0. The highest BCUT2D eigenvalue weighted by Gasteiger charge is 2.37. The largest absolute Gasteiger partial charge is 0.493 e. The van der Waals surface area contributed by atoms with Crippen LogP contribution in [0.5, 0.6) is 5.75 Å². The van der Waals surface area contributed by atoms with E-state index in [1.807, 2.05) is 25.1 Å². The quantitative estimate of drug-likeness (QED) is 0.456. The van der Waals surface area contributed by atoms with Crippen molar-refractivity contribution >= 4 is 57.5 Å². The minimum Gasteiger partial charge on any atom is -0.493 e. The van der Waals surface area contributed by atoms with Crippen molar-refractivity contribution in [3.8, 4) is 5.75 Å². The maximum absolute atomic E-state index is 12.6. The Kier molecular flexibility index (Phi) is 6.80. The molecule has 27 heavy (non-hydrogen) atoms. The fraction of sp³-hybridized carbons (Fsp3) is 0.421. The second-order valence-electron chi connectivity index (χ2n) is 6.33. The highest BCUT2D eigenvalue weighted by atomic mass is 127. The van der Waals surface area contributed by atoms with E-state index in [0.29, 0.717) is 24.6 Å². The van der Waals surface area contributed by atoms with Crippen molar-refractivity contribution in [2.75, 3.05) is 26.2 Å². The number of halogens is 1. The average molecular weight is 500 g/mol. The molecular weight excluding hydrogens is 479 g/mol. The molecule has 8 heteroatoms. The summed E-state index contributed by atoms with van der Waals surface area (Å²) in [5, 5.41) is -0.391. The molecule has 1 aromatic rings. The summed E-state index contributed by atoms with van der Waals surface area (Å²) in [6.45, 7) is 3.73. The molecule has 6 nitrogen and oxygen atoms in total. The van der Waals surface area contributed by atoms with Gasteiger partial charge in [-0.1, -0.05) is 6.07 Å². The topological polar surface area (TPSA) is 66.9 Å². The third-order valence-corrected chi connectivity index (χ3v) is 6.18. The van der Waals surface area contributed by atoms with E-state index in [9.17, 15) is 14.4 Å². The Morgan fingerprint density at radius 2 is 2.00 bits per heavy atom. The summed E-state index contributed by atoms with van der Waals surface area (Å²) in [5.74, 6) is 0.226. The first-order valence-electron chi connectivity index (χ1n) is 8.95. The number of benzene rings is 1. The van der Waals surface area contributed by atoms with Gasteiger partial charge in [-0.15, -0.1) is 0 Å². The van der Waals surface area contributed by atoms with Crippen molar-refractivity contribution in [2.45, 2.75) is 26.2 Å². The summed E-state index contributed by atoms with van der Waals surface area (Å²) in [4.78, 5) is 40.4. The number of imide groups is 1. The summed E-state index contributed by atoms with van der Waals surface area (Å²) in [6, 6.07) is 5.60. The summed E-state index contributed by atoms with van der Waals surface area (Å²) >= 11 is 3.06. The molecule has 0 atom stereocenters. The first-order valence-corrected chi connectivity index (χ1v) is 10.8. The number of amides is 3. The first kappa shape index (κ1) is 20.2. The van der Waals surface area contributed by atoms with Gasteiger partial charge in [0, 0.05) is 13.1 Å². The summed E-state index contributed by atoms with van der Waals surface area (Å²) in [5.41, 5.74) is 0.815. The number of piperidine rings is 1. The zero-order valence-electron chi connectivity index (χ0n) is 15.1. The van der Waals surface area contributed by atoms with Crippen molar-refractivity contribution < 1.29 is 19.1 Å². The van der Waals surface area contributed by atoms with E-state index in [1.165, 1.54) is 0 Å². The summed E-state index contributed by atoms with van der Waals surface area (Å²) < 4.78 is 6.45. The van der Waals surface area contributed by atoms with Crippen LogP contribution < -0.4 is 4.74 Å². The number of rotatable bonds is 5. The third-order valence-electron chi connectivity index (χ3n) is 4.43. The molecule has 2 aliphatic heterocycles. The minimum absolute atomic E-state index is 0.158. The first-order chi connectivity index (χ1) is 13.0. The average Bonchev–Trinajstić information content (AvgIpc) is 2.92. The molecule has 3 amide bonds. The Bertz CT molecular complexity index is 790. The van der Waals surface area contributed by atoms with Crippen LogP contribution in [0.2, 0.25) is 0 Å². The number of carbonyl (C=O) groups excluding carboxylic acids is 3. The summed E-state index contributed by atoms with van der Waals surface area (Å²) in [6.07, 6.45) is 4.76. The molecule has 0 aromatic heterocycles. The molecule has 144 valence electrons. The maximum atomic E-state index is 12.6. The van der Waals surface area contributed by atoms with E-state index in [2.05, 4.69) is 22.6 Å². The normalized spacial score (nSPS) is 19.1. The zero-order chi connectivity index (χ0) is 19.4. The van der Waals surface area contributed by atoms with Gasteiger partial charge in [-0.05, 0) is 84.3 Å².